The zero-order valence-corrected chi connectivity index (χ0v) is 11.3. The van der Waals surface area contributed by atoms with E-state index in [1.165, 1.54) is 31.2 Å². The molecule has 0 aliphatic heterocycles. The summed E-state index contributed by atoms with van der Waals surface area (Å²) in [7, 11) is 0. The predicted octanol–water partition coefficient (Wildman–Crippen LogP) is 3.31. The van der Waals surface area contributed by atoms with Crippen molar-refractivity contribution in [1.82, 2.24) is 0 Å². The summed E-state index contributed by atoms with van der Waals surface area (Å²) in [5.41, 5.74) is 7.60. The van der Waals surface area contributed by atoms with Crippen LogP contribution in [-0.4, -0.2) is 5.78 Å². The zero-order valence-electron chi connectivity index (χ0n) is 11.3. The highest BCUT2D eigenvalue weighted by Gasteiger charge is 2.56. The number of benzene rings is 1. The van der Waals surface area contributed by atoms with E-state index in [1.807, 2.05) is 12.1 Å². The summed E-state index contributed by atoms with van der Waals surface area (Å²) in [6, 6.07) is 7.99. The van der Waals surface area contributed by atoms with Crippen molar-refractivity contribution in [2.75, 3.05) is 5.73 Å². The highest BCUT2D eigenvalue weighted by molar-refractivity contribution is 5.95. The standard InChI is InChI=1S/C17H21NO/c18-14-5-3-13(4-6-14)17(7-8-17)16(19)15-10-11-1-2-12(15)9-11/h3-6,11-12,15H,1-2,7-10,18H2. The second-order valence-corrected chi connectivity index (χ2v) is 6.85. The van der Waals surface area contributed by atoms with Crippen LogP contribution < -0.4 is 5.73 Å². The average molecular weight is 255 g/mol. The van der Waals surface area contributed by atoms with Crippen LogP contribution in [0.15, 0.2) is 24.3 Å². The van der Waals surface area contributed by atoms with Crippen molar-refractivity contribution in [2.45, 2.75) is 43.9 Å². The first-order valence-electron chi connectivity index (χ1n) is 7.59. The number of fused-ring (bicyclic) bond motifs is 2. The lowest BCUT2D eigenvalue weighted by Crippen LogP contribution is -2.31. The number of hydrogen-bond donors (Lipinski definition) is 1. The van der Waals surface area contributed by atoms with E-state index >= 15 is 0 Å². The fourth-order valence-electron chi connectivity index (χ4n) is 4.53. The molecule has 0 radical (unpaired) electrons. The maximum Gasteiger partial charge on any atom is 0.146 e. The minimum absolute atomic E-state index is 0.136. The van der Waals surface area contributed by atoms with E-state index in [0.29, 0.717) is 17.6 Å². The first kappa shape index (κ1) is 11.5. The molecule has 0 heterocycles. The van der Waals surface area contributed by atoms with Crippen LogP contribution in [0.3, 0.4) is 0 Å². The lowest BCUT2D eigenvalue weighted by molar-refractivity contribution is -0.126. The smallest absolute Gasteiger partial charge is 0.146 e. The molecule has 3 unspecified atom stereocenters. The first-order valence-corrected chi connectivity index (χ1v) is 7.59. The number of anilines is 1. The van der Waals surface area contributed by atoms with E-state index in [-0.39, 0.29) is 5.41 Å². The van der Waals surface area contributed by atoms with Gasteiger partial charge in [0.1, 0.15) is 5.78 Å². The van der Waals surface area contributed by atoms with Crippen molar-refractivity contribution in [3.8, 4) is 0 Å². The van der Waals surface area contributed by atoms with Crippen molar-refractivity contribution in [2.24, 2.45) is 17.8 Å². The normalized spacial score (nSPS) is 34.4. The molecule has 3 saturated carbocycles. The van der Waals surface area contributed by atoms with E-state index in [4.69, 9.17) is 5.73 Å². The van der Waals surface area contributed by atoms with Gasteiger partial charge in [-0.1, -0.05) is 18.6 Å². The van der Waals surface area contributed by atoms with E-state index in [0.717, 1.165) is 24.4 Å². The fourth-order valence-corrected chi connectivity index (χ4v) is 4.53. The molecule has 4 rings (SSSR count). The SMILES string of the molecule is Nc1ccc(C2(C(=O)C3CC4CCC3C4)CC2)cc1. The molecule has 3 fully saturated rings. The molecule has 0 spiro atoms. The van der Waals surface area contributed by atoms with Gasteiger partial charge >= 0.3 is 0 Å². The van der Waals surface area contributed by atoms with Crippen LogP contribution in [0.4, 0.5) is 5.69 Å². The van der Waals surface area contributed by atoms with Crippen molar-refractivity contribution in [3.05, 3.63) is 29.8 Å². The predicted molar refractivity (Wildman–Crippen MR) is 75.7 cm³/mol. The number of ketones is 1. The maximum atomic E-state index is 13.0. The van der Waals surface area contributed by atoms with Crippen LogP contribution in [0, 0.1) is 17.8 Å². The minimum atomic E-state index is -0.136. The lowest BCUT2D eigenvalue weighted by atomic mass is 9.77. The van der Waals surface area contributed by atoms with Crippen LogP contribution in [0.25, 0.3) is 0 Å². The molecule has 3 atom stereocenters. The van der Waals surface area contributed by atoms with Gasteiger partial charge in [0.25, 0.3) is 0 Å². The summed E-state index contributed by atoms with van der Waals surface area (Å²) < 4.78 is 0. The summed E-state index contributed by atoms with van der Waals surface area (Å²) >= 11 is 0. The molecular formula is C17H21NO. The van der Waals surface area contributed by atoms with Gasteiger partial charge in [-0.15, -0.1) is 0 Å². The van der Waals surface area contributed by atoms with Crippen LogP contribution >= 0.6 is 0 Å². The van der Waals surface area contributed by atoms with Gasteiger partial charge in [0, 0.05) is 11.6 Å². The second-order valence-electron chi connectivity index (χ2n) is 6.85. The maximum absolute atomic E-state index is 13.0. The molecule has 0 aromatic heterocycles. The number of hydrogen-bond acceptors (Lipinski definition) is 2. The topological polar surface area (TPSA) is 43.1 Å². The summed E-state index contributed by atoms with van der Waals surface area (Å²) in [5, 5.41) is 0. The quantitative estimate of drug-likeness (QED) is 0.842. The summed E-state index contributed by atoms with van der Waals surface area (Å²) in [6.07, 6.45) is 7.23. The molecule has 2 bridgehead atoms. The molecule has 2 N–H and O–H groups in total. The first-order chi connectivity index (χ1) is 9.19. The third-order valence-corrected chi connectivity index (χ3v) is 5.76. The number of carbonyl (C=O) groups excluding carboxylic acids is 1. The molecule has 2 nitrogen and oxygen atoms in total. The van der Waals surface area contributed by atoms with Gasteiger partial charge in [-0.05, 0) is 61.6 Å². The zero-order chi connectivity index (χ0) is 13.0. The number of nitrogen functional groups attached to an aromatic ring is 1. The van der Waals surface area contributed by atoms with Gasteiger partial charge in [0.2, 0.25) is 0 Å². The molecule has 100 valence electrons. The second kappa shape index (κ2) is 3.84. The number of nitrogens with two attached hydrogens (primary N) is 1. The fraction of sp³-hybridized carbons (Fsp3) is 0.588. The van der Waals surface area contributed by atoms with Crippen molar-refractivity contribution >= 4 is 11.5 Å². The Bertz CT molecular complexity index is 515. The average Bonchev–Trinajstić information content (AvgIpc) is 2.96. The molecule has 19 heavy (non-hydrogen) atoms. The Kier molecular flexibility index (Phi) is 2.33. The van der Waals surface area contributed by atoms with Crippen LogP contribution in [0.5, 0.6) is 0 Å². The molecule has 0 amide bonds. The van der Waals surface area contributed by atoms with E-state index in [1.54, 1.807) is 0 Å². The Morgan fingerprint density at radius 2 is 1.84 bits per heavy atom. The summed E-state index contributed by atoms with van der Waals surface area (Å²) in [6.45, 7) is 0. The van der Waals surface area contributed by atoms with E-state index in [2.05, 4.69) is 12.1 Å². The third kappa shape index (κ3) is 1.65. The largest absolute Gasteiger partial charge is 0.399 e. The Balaban J connectivity index is 1.61. The highest BCUT2D eigenvalue weighted by Crippen LogP contribution is 2.56. The van der Waals surface area contributed by atoms with E-state index < -0.39 is 0 Å². The minimum Gasteiger partial charge on any atom is -0.399 e. The van der Waals surface area contributed by atoms with Crippen molar-refractivity contribution in [1.29, 1.82) is 0 Å². The third-order valence-electron chi connectivity index (χ3n) is 5.76. The number of carbonyl (C=O) groups is 1. The van der Waals surface area contributed by atoms with Gasteiger partial charge in [-0.3, -0.25) is 4.79 Å². The van der Waals surface area contributed by atoms with Gasteiger partial charge in [-0.2, -0.15) is 0 Å². The van der Waals surface area contributed by atoms with Crippen molar-refractivity contribution < 1.29 is 4.79 Å². The monoisotopic (exact) mass is 255 g/mol. The van der Waals surface area contributed by atoms with Gasteiger partial charge < -0.3 is 5.73 Å². The number of Topliss-reactive ketones (excluding diaryl/α,β-unsaturated/α-hetero) is 1. The van der Waals surface area contributed by atoms with Crippen molar-refractivity contribution in [3.63, 3.8) is 0 Å². The molecule has 0 saturated heterocycles. The Morgan fingerprint density at radius 1 is 1.11 bits per heavy atom. The molecule has 3 aliphatic rings. The Morgan fingerprint density at radius 3 is 2.37 bits per heavy atom. The van der Waals surface area contributed by atoms with Gasteiger partial charge in [0.15, 0.2) is 0 Å². The van der Waals surface area contributed by atoms with E-state index in [9.17, 15) is 4.79 Å². The molecule has 3 aliphatic carbocycles. The highest BCUT2D eigenvalue weighted by atomic mass is 16.1. The molecular weight excluding hydrogens is 234 g/mol. The van der Waals surface area contributed by atoms with Crippen LogP contribution in [0.1, 0.15) is 44.1 Å². The molecule has 1 aromatic rings. The van der Waals surface area contributed by atoms with Crippen LogP contribution in [-0.2, 0) is 10.2 Å². The lowest BCUT2D eigenvalue weighted by Gasteiger charge is -2.25. The van der Waals surface area contributed by atoms with Gasteiger partial charge in [0.05, 0.1) is 5.41 Å². The summed E-state index contributed by atoms with van der Waals surface area (Å²) in [4.78, 5) is 13.0. The van der Waals surface area contributed by atoms with Crippen LogP contribution in [0.2, 0.25) is 0 Å². The Labute approximate surface area is 114 Å². The molecule has 1 aromatic carbocycles. The van der Waals surface area contributed by atoms with Gasteiger partial charge in [-0.25, -0.2) is 0 Å². The molecule has 2 heteroatoms. The Hall–Kier alpha value is -1.31. The number of rotatable bonds is 3. The summed E-state index contributed by atoms with van der Waals surface area (Å²) in [5.74, 6) is 2.45.